The number of nitrogens with one attached hydrogen (secondary N) is 1. The lowest BCUT2D eigenvalue weighted by atomic mass is 10.1. The Balaban J connectivity index is 2.16. The molecule has 0 bridgehead atoms. The van der Waals surface area contributed by atoms with Gasteiger partial charge in [0.05, 0.1) is 12.7 Å². The lowest BCUT2D eigenvalue weighted by Crippen LogP contribution is -2.42. The van der Waals surface area contributed by atoms with Crippen LogP contribution in [-0.2, 0) is 4.74 Å². The normalized spacial score (nSPS) is 24.5. The van der Waals surface area contributed by atoms with Gasteiger partial charge in [0.15, 0.2) is 0 Å². The van der Waals surface area contributed by atoms with Crippen molar-refractivity contribution in [2.75, 3.05) is 39.9 Å². The third kappa shape index (κ3) is 6.36. The van der Waals surface area contributed by atoms with E-state index in [9.17, 15) is 5.11 Å². The SMILES string of the molecule is COCCNCC(O)CN1CCCCCC1C. The van der Waals surface area contributed by atoms with Crippen molar-refractivity contribution in [2.24, 2.45) is 0 Å². The molecule has 1 aliphatic heterocycles. The first kappa shape index (κ1) is 14.9. The van der Waals surface area contributed by atoms with Gasteiger partial charge in [0, 0.05) is 32.8 Å². The van der Waals surface area contributed by atoms with Crippen molar-refractivity contribution in [3.05, 3.63) is 0 Å². The average Bonchev–Trinajstić information content (AvgIpc) is 2.51. The highest BCUT2D eigenvalue weighted by Crippen LogP contribution is 2.16. The van der Waals surface area contributed by atoms with Crippen molar-refractivity contribution in [3.8, 4) is 0 Å². The minimum Gasteiger partial charge on any atom is -0.390 e. The Hall–Kier alpha value is -0.160. The molecule has 0 spiro atoms. The molecule has 0 aromatic carbocycles. The van der Waals surface area contributed by atoms with E-state index in [2.05, 4.69) is 17.1 Å². The summed E-state index contributed by atoms with van der Waals surface area (Å²) in [5.41, 5.74) is 0. The highest BCUT2D eigenvalue weighted by molar-refractivity contribution is 4.75. The van der Waals surface area contributed by atoms with Gasteiger partial charge in [-0.05, 0) is 26.3 Å². The van der Waals surface area contributed by atoms with Crippen LogP contribution >= 0.6 is 0 Å². The summed E-state index contributed by atoms with van der Waals surface area (Å²) in [4.78, 5) is 2.43. The summed E-state index contributed by atoms with van der Waals surface area (Å²) >= 11 is 0. The largest absolute Gasteiger partial charge is 0.390 e. The maximum atomic E-state index is 9.97. The van der Waals surface area contributed by atoms with Crippen molar-refractivity contribution in [3.63, 3.8) is 0 Å². The van der Waals surface area contributed by atoms with Crippen LogP contribution in [0, 0.1) is 0 Å². The number of hydrogen-bond donors (Lipinski definition) is 2. The second kappa shape index (κ2) is 8.86. The topological polar surface area (TPSA) is 44.7 Å². The van der Waals surface area contributed by atoms with Gasteiger partial charge in [-0.2, -0.15) is 0 Å². The van der Waals surface area contributed by atoms with Gasteiger partial charge in [-0.3, -0.25) is 4.90 Å². The van der Waals surface area contributed by atoms with E-state index in [0.29, 0.717) is 19.2 Å². The molecular weight excluding hydrogens is 216 g/mol. The quantitative estimate of drug-likeness (QED) is 0.652. The second-order valence-corrected chi connectivity index (χ2v) is 5.04. The Morgan fingerprint density at radius 3 is 3.00 bits per heavy atom. The molecular formula is C13H28N2O2. The molecule has 0 saturated carbocycles. The fourth-order valence-electron chi connectivity index (χ4n) is 2.38. The fraction of sp³-hybridized carbons (Fsp3) is 1.00. The van der Waals surface area contributed by atoms with Crippen LogP contribution in [0.1, 0.15) is 32.6 Å². The van der Waals surface area contributed by atoms with Crippen LogP contribution in [0.25, 0.3) is 0 Å². The first-order valence-electron chi connectivity index (χ1n) is 6.85. The zero-order valence-electron chi connectivity index (χ0n) is 11.3. The maximum Gasteiger partial charge on any atom is 0.0791 e. The van der Waals surface area contributed by atoms with E-state index in [1.165, 1.54) is 25.7 Å². The van der Waals surface area contributed by atoms with Crippen LogP contribution < -0.4 is 5.32 Å². The number of likely N-dealkylation sites (tertiary alicyclic amines) is 1. The second-order valence-electron chi connectivity index (χ2n) is 5.04. The summed E-state index contributed by atoms with van der Waals surface area (Å²) in [5, 5.41) is 13.2. The number of hydrogen-bond acceptors (Lipinski definition) is 4. The number of aliphatic hydroxyl groups is 1. The van der Waals surface area contributed by atoms with E-state index in [1.807, 2.05) is 0 Å². The highest BCUT2D eigenvalue weighted by atomic mass is 16.5. The molecule has 1 rings (SSSR count). The minimum atomic E-state index is -0.271. The first-order chi connectivity index (χ1) is 8.24. The van der Waals surface area contributed by atoms with Crippen molar-refractivity contribution < 1.29 is 9.84 Å². The third-order valence-electron chi connectivity index (χ3n) is 3.50. The number of ether oxygens (including phenoxy) is 1. The molecule has 0 amide bonds. The van der Waals surface area contributed by atoms with Crippen LogP contribution in [0.3, 0.4) is 0 Å². The Kier molecular flexibility index (Phi) is 7.77. The van der Waals surface area contributed by atoms with E-state index < -0.39 is 0 Å². The van der Waals surface area contributed by atoms with Crippen molar-refractivity contribution in [1.82, 2.24) is 10.2 Å². The van der Waals surface area contributed by atoms with Crippen LogP contribution in [0.15, 0.2) is 0 Å². The van der Waals surface area contributed by atoms with Gasteiger partial charge in [-0.15, -0.1) is 0 Å². The number of nitrogens with zero attached hydrogens (tertiary/aromatic N) is 1. The van der Waals surface area contributed by atoms with Crippen molar-refractivity contribution in [2.45, 2.75) is 44.8 Å². The molecule has 0 aliphatic carbocycles. The van der Waals surface area contributed by atoms with Gasteiger partial charge < -0.3 is 15.2 Å². The van der Waals surface area contributed by atoms with Crippen LogP contribution in [0.2, 0.25) is 0 Å². The predicted molar refractivity (Wildman–Crippen MR) is 70.3 cm³/mol. The van der Waals surface area contributed by atoms with E-state index in [0.717, 1.165) is 19.6 Å². The molecule has 0 aromatic heterocycles. The lowest BCUT2D eigenvalue weighted by molar-refractivity contribution is 0.0901. The molecule has 2 N–H and O–H groups in total. The zero-order valence-corrected chi connectivity index (χ0v) is 11.3. The van der Waals surface area contributed by atoms with Crippen LogP contribution in [-0.4, -0.2) is 62.0 Å². The number of aliphatic hydroxyl groups excluding tert-OH is 1. The molecule has 1 fully saturated rings. The molecule has 2 unspecified atom stereocenters. The Bertz CT molecular complexity index is 190. The predicted octanol–water partition coefficient (Wildman–Crippen LogP) is 0.848. The summed E-state index contributed by atoms with van der Waals surface area (Å²) < 4.78 is 4.95. The van der Waals surface area contributed by atoms with Crippen LogP contribution in [0.4, 0.5) is 0 Å². The summed E-state index contributed by atoms with van der Waals surface area (Å²) in [6.45, 7) is 6.37. The van der Waals surface area contributed by atoms with Crippen LogP contribution in [0.5, 0.6) is 0 Å². The van der Waals surface area contributed by atoms with E-state index >= 15 is 0 Å². The van der Waals surface area contributed by atoms with Gasteiger partial charge >= 0.3 is 0 Å². The zero-order chi connectivity index (χ0) is 12.5. The summed E-state index contributed by atoms with van der Waals surface area (Å²) in [6.07, 6.45) is 4.94. The molecule has 1 aliphatic rings. The minimum absolute atomic E-state index is 0.271. The highest BCUT2D eigenvalue weighted by Gasteiger charge is 2.19. The van der Waals surface area contributed by atoms with Gasteiger partial charge in [-0.25, -0.2) is 0 Å². The number of rotatable bonds is 7. The Labute approximate surface area is 105 Å². The third-order valence-corrected chi connectivity index (χ3v) is 3.50. The summed E-state index contributed by atoms with van der Waals surface area (Å²) in [5.74, 6) is 0. The molecule has 4 nitrogen and oxygen atoms in total. The molecule has 102 valence electrons. The number of methoxy groups -OCH3 is 1. The average molecular weight is 244 g/mol. The molecule has 2 atom stereocenters. The van der Waals surface area contributed by atoms with Gasteiger partial charge in [0.1, 0.15) is 0 Å². The number of β-amino-alcohol motifs (C(OH)–C–C–N with tert-alkyl or cyclic N) is 1. The van der Waals surface area contributed by atoms with Gasteiger partial charge in [0.2, 0.25) is 0 Å². The summed E-state index contributed by atoms with van der Waals surface area (Å²) in [6, 6.07) is 0.617. The molecule has 1 saturated heterocycles. The smallest absolute Gasteiger partial charge is 0.0791 e. The molecule has 17 heavy (non-hydrogen) atoms. The maximum absolute atomic E-state index is 9.97. The standard InChI is InChI=1S/C13H28N2O2/c1-12-6-4-3-5-8-15(12)11-13(16)10-14-7-9-17-2/h12-14,16H,3-11H2,1-2H3. The monoisotopic (exact) mass is 244 g/mol. The van der Waals surface area contributed by atoms with Gasteiger partial charge in [-0.1, -0.05) is 12.8 Å². The summed E-state index contributed by atoms with van der Waals surface area (Å²) in [7, 11) is 1.69. The Morgan fingerprint density at radius 1 is 1.41 bits per heavy atom. The lowest BCUT2D eigenvalue weighted by Gasteiger charge is -2.29. The Morgan fingerprint density at radius 2 is 2.24 bits per heavy atom. The molecule has 4 heteroatoms. The molecule has 0 aromatic rings. The van der Waals surface area contributed by atoms with E-state index in [-0.39, 0.29) is 6.10 Å². The van der Waals surface area contributed by atoms with E-state index in [4.69, 9.17) is 4.74 Å². The molecule has 0 radical (unpaired) electrons. The molecule has 1 heterocycles. The van der Waals surface area contributed by atoms with Crippen molar-refractivity contribution in [1.29, 1.82) is 0 Å². The van der Waals surface area contributed by atoms with Crippen molar-refractivity contribution >= 4 is 0 Å². The fourth-order valence-corrected chi connectivity index (χ4v) is 2.38. The van der Waals surface area contributed by atoms with E-state index in [1.54, 1.807) is 7.11 Å². The first-order valence-corrected chi connectivity index (χ1v) is 6.85. The van der Waals surface area contributed by atoms with Gasteiger partial charge in [0.25, 0.3) is 0 Å².